The van der Waals surface area contributed by atoms with Gasteiger partial charge in [0.2, 0.25) is 17.7 Å². The predicted molar refractivity (Wildman–Crippen MR) is 150 cm³/mol. The lowest BCUT2D eigenvalue weighted by molar-refractivity contribution is -0.130. The third kappa shape index (κ3) is 5.58. The fraction of sp³-hybridized carbons (Fsp3) is 0.448. The number of para-hydroxylation sites is 1. The Morgan fingerprint density at radius 3 is 2.58 bits per heavy atom. The molecule has 5 rings (SSSR count). The van der Waals surface area contributed by atoms with Gasteiger partial charge >= 0.3 is 0 Å². The Morgan fingerprint density at radius 1 is 1.07 bits per heavy atom. The summed E-state index contributed by atoms with van der Waals surface area (Å²) in [6.07, 6.45) is 1.39. The average molecular weight is 548 g/mol. The molecule has 2 aromatic carbocycles. The summed E-state index contributed by atoms with van der Waals surface area (Å²) < 4.78 is 0. The lowest BCUT2D eigenvalue weighted by atomic mass is 9.99. The second-order valence-corrected chi connectivity index (χ2v) is 11.1. The average Bonchev–Trinajstić information content (AvgIpc) is 3.57. The van der Waals surface area contributed by atoms with Crippen LogP contribution in [-0.2, 0) is 27.2 Å². The Kier molecular flexibility index (Phi) is 8.15. The molecule has 3 heterocycles. The minimum atomic E-state index is -0.833. The predicted octanol–water partition coefficient (Wildman–Crippen LogP) is 0.236. The van der Waals surface area contributed by atoms with E-state index in [1.807, 2.05) is 51.1 Å². The smallest absolute Gasteiger partial charge is 0.252 e. The lowest BCUT2D eigenvalue weighted by Gasteiger charge is -2.29. The van der Waals surface area contributed by atoms with Gasteiger partial charge in [-0.2, -0.15) is 5.53 Å². The fourth-order valence-corrected chi connectivity index (χ4v) is 5.66. The molecule has 0 radical (unpaired) electrons. The molecule has 1 unspecified atom stereocenters. The van der Waals surface area contributed by atoms with Gasteiger partial charge < -0.3 is 16.0 Å². The Labute approximate surface area is 233 Å². The zero-order valence-electron chi connectivity index (χ0n) is 23.0. The number of aryl methyl sites for hydroxylation is 2. The van der Waals surface area contributed by atoms with E-state index in [1.54, 1.807) is 17.0 Å². The molecule has 4 atom stereocenters. The fourth-order valence-electron chi connectivity index (χ4n) is 5.66. The van der Waals surface area contributed by atoms with Crippen molar-refractivity contribution in [3.8, 4) is 0 Å². The molecule has 0 aromatic heterocycles. The topological polar surface area (TPSA) is 144 Å². The number of nitrogens with one attached hydrogen (secondary N) is 6. The number of amides is 4. The van der Waals surface area contributed by atoms with Crippen molar-refractivity contribution in [1.29, 1.82) is 0 Å². The molecule has 11 heteroatoms. The van der Waals surface area contributed by atoms with E-state index in [0.717, 1.165) is 22.4 Å². The number of benzene rings is 2. The highest BCUT2D eigenvalue weighted by molar-refractivity contribution is 6.08. The van der Waals surface area contributed by atoms with E-state index in [9.17, 15) is 19.2 Å². The van der Waals surface area contributed by atoms with Crippen molar-refractivity contribution in [3.05, 3.63) is 64.7 Å². The van der Waals surface area contributed by atoms with Crippen molar-refractivity contribution in [2.45, 2.75) is 64.2 Å². The van der Waals surface area contributed by atoms with Crippen LogP contribution in [0.1, 0.15) is 47.3 Å². The first-order chi connectivity index (χ1) is 19.2. The maximum atomic E-state index is 14.0. The van der Waals surface area contributed by atoms with Crippen LogP contribution in [0, 0.1) is 12.8 Å². The van der Waals surface area contributed by atoms with Crippen molar-refractivity contribution < 1.29 is 19.2 Å². The van der Waals surface area contributed by atoms with E-state index < -0.39 is 24.0 Å². The summed E-state index contributed by atoms with van der Waals surface area (Å²) in [6.45, 7) is 6.60. The summed E-state index contributed by atoms with van der Waals surface area (Å²) in [5.74, 6) is -1.52. The molecular weight excluding hydrogens is 510 g/mol. The Bertz CT molecular complexity index is 1310. The van der Waals surface area contributed by atoms with Crippen LogP contribution >= 0.6 is 0 Å². The van der Waals surface area contributed by atoms with Gasteiger partial charge in [0.25, 0.3) is 5.91 Å². The molecular formula is C29H37N7O4. The summed E-state index contributed by atoms with van der Waals surface area (Å²) in [4.78, 5) is 55.4. The molecule has 1 saturated heterocycles. The molecule has 3 aliphatic heterocycles. The molecule has 0 spiro atoms. The second kappa shape index (κ2) is 11.7. The first kappa shape index (κ1) is 27.8. The van der Waals surface area contributed by atoms with Crippen molar-refractivity contribution in [1.82, 2.24) is 32.3 Å². The highest BCUT2D eigenvalue weighted by Crippen LogP contribution is 2.39. The largest absolute Gasteiger partial charge is 0.353 e. The van der Waals surface area contributed by atoms with E-state index in [-0.39, 0.29) is 29.7 Å². The molecule has 0 aliphatic carbocycles. The molecule has 11 nitrogen and oxygen atoms in total. The Morgan fingerprint density at radius 2 is 1.85 bits per heavy atom. The summed E-state index contributed by atoms with van der Waals surface area (Å²) in [5.41, 5.74) is 12.8. The van der Waals surface area contributed by atoms with Crippen molar-refractivity contribution in [2.75, 3.05) is 18.0 Å². The molecule has 6 N–H and O–H groups in total. The van der Waals surface area contributed by atoms with E-state index in [4.69, 9.17) is 0 Å². The quantitative estimate of drug-likeness (QED) is 0.278. The number of carbonyl (C=O) groups excluding carboxylic acids is 4. The zero-order valence-corrected chi connectivity index (χ0v) is 23.0. The lowest BCUT2D eigenvalue weighted by Crippen LogP contribution is -2.58. The summed E-state index contributed by atoms with van der Waals surface area (Å²) in [5, 5.41) is 8.75. The molecule has 4 amide bonds. The van der Waals surface area contributed by atoms with Crippen LogP contribution in [-0.4, -0.2) is 60.9 Å². The maximum Gasteiger partial charge on any atom is 0.252 e. The highest BCUT2D eigenvalue weighted by Gasteiger charge is 2.44. The van der Waals surface area contributed by atoms with E-state index >= 15 is 0 Å². The van der Waals surface area contributed by atoms with Gasteiger partial charge in [-0.15, -0.1) is 0 Å². The van der Waals surface area contributed by atoms with Crippen molar-refractivity contribution in [2.24, 2.45) is 5.92 Å². The standard InChI is InChI=1S/C29H37N7O4/c1-16(2)24(33-26(37)21-10-5-4-7-17(21)3)28(39)32-22-12-11-18-8-6-9-19-13-23(36(25(18)19)29(22)40)27(38)30-14-20-15-31-35-34-20/h4-10,16,20,22-24,31,34-35H,11-15H2,1-3H3,(H,30,38)(H,32,39)(H,33,37)/t20?,22-,23-,24-/m0/s1. The van der Waals surface area contributed by atoms with E-state index in [0.29, 0.717) is 37.9 Å². The summed E-state index contributed by atoms with van der Waals surface area (Å²) in [7, 11) is 0. The van der Waals surface area contributed by atoms with Crippen molar-refractivity contribution >= 4 is 29.3 Å². The van der Waals surface area contributed by atoms with Crippen LogP contribution in [0.3, 0.4) is 0 Å². The molecule has 1 fully saturated rings. The van der Waals surface area contributed by atoms with Crippen LogP contribution < -0.4 is 37.2 Å². The van der Waals surface area contributed by atoms with Crippen LogP contribution in [0.5, 0.6) is 0 Å². The van der Waals surface area contributed by atoms with Gasteiger partial charge in [0.1, 0.15) is 18.1 Å². The Balaban J connectivity index is 1.33. The van der Waals surface area contributed by atoms with Gasteiger partial charge in [-0.1, -0.05) is 50.2 Å². The van der Waals surface area contributed by atoms with Gasteiger partial charge in [0, 0.05) is 25.1 Å². The number of hydrogen-bond donors (Lipinski definition) is 6. The molecule has 40 heavy (non-hydrogen) atoms. The SMILES string of the molecule is Cc1ccccc1C(=O)N[C@H](C(=O)N[C@H]1CCc2cccc3c2N(C1=O)[C@H](C(=O)NCC1CNNN1)C3)C(C)C. The monoisotopic (exact) mass is 547 g/mol. The van der Waals surface area contributed by atoms with Gasteiger partial charge in [0.05, 0.1) is 11.7 Å². The number of hydrazine groups is 2. The van der Waals surface area contributed by atoms with E-state index in [1.165, 1.54) is 0 Å². The molecule has 0 saturated carbocycles. The van der Waals surface area contributed by atoms with Crippen LogP contribution in [0.4, 0.5) is 5.69 Å². The zero-order chi connectivity index (χ0) is 28.4. The number of hydrogen-bond acceptors (Lipinski definition) is 7. The number of rotatable bonds is 8. The van der Waals surface area contributed by atoms with Gasteiger partial charge in [0.15, 0.2) is 0 Å². The van der Waals surface area contributed by atoms with Gasteiger partial charge in [-0.05, 0) is 48.4 Å². The molecule has 3 aliphatic rings. The third-order valence-electron chi connectivity index (χ3n) is 7.89. The van der Waals surface area contributed by atoms with Crippen molar-refractivity contribution in [3.63, 3.8) is 0 Å². The number of anilines is 1. The van der Waals surface area contributed by atoms with Crippen LogP contribution in [0.25, 0.3) is 0 Å². The molecule has 0 bridgehead atoms. The molecule has 2 aromatic rings. The highest BCUT2D eigenvalue weighted by atomic mass is 16.2. The van der Waals surface area contributed by atoms with Crippen LogP contribution in [0.2, 0.25) is 0 Å². The summed E-state index contributed by atoms with van der Waals surface area (Å²) in [6, 6.07) is 10.7. The molecule has 212 valence electrons. The maximum absolute atomic E-state index is 14.0. The third-order valence-corrected chi connectivity index (χ3v) is 7.89. The minimum Gasteiger partial charge on any atom is -0.353 e. The first-order valence-electron chi connectivity index (χ1n) is 13.9. The number of carbonyl (C=O) groups is 4. The Hall–Kier alpha value is -3.80. The second-order valence-electron chi connectivity index (χ2n) is 11.1. The van der Waals surface area contributed by atoms with Gasteiger partial charge in [-0.25, -0.2) is 10.9 Å². The van der Waals surface area contributed by atoms with Gasteiger partial charge in [-0.3, -0.25) is 24.1 Å². The summed E-state index contributed by atoms with van der Waals surface area (Å²) >= 11 is 0. The van der Waals surface area contributed by atoms with Crippen LogP contribution in [0.15, 0.2) is 42.5 Å². The normalized spacial score (nSPS) is 22.4. The minimum absolute atomic E-state index is 0.0259. The number of nitrogens with zero attached hydrogens (tertiary/aromatic N) is 1. The first-order valence-corrected chi connectivity index (χ1v) is 13.9. The van der Waals surface area contributed by atoms with E-state index in [2.05, 4.69) is 32.3 Å².